The van der Waals surface area contributed by atoms with Gasteiger partial charge in [0, 0.05) is 17.1 Å². The van der Waals surface area contributed by atoms with E-state index in [4.69, 9.17) is 9.47 Å². The number of hydrogen-bond donors (Lipinski definition) is 2. The Hall–Kier alpha value is -3.02. The molecule has 0 saturated carbocycles. The molecule has 0 fully saturated rings. The first-order valence-electron chi connectivity index (χ1n) is 9.73. The number of rotatable bonds is 8. The Kier molecular flexibility index (Phi) is 6.42. The monoisotopic (exact) mass is 398 g/mol. The highest BCUT2D eigenvalue weighted by Gasteiger charge is 2.15. The van der Waals surface area contributed by atoms with Gasteiger partial charge in [0.2, 0.25) is 5.91 Å². The summed E-state index contributed by atoms with van der Waals surface area (Å²) < 4.78 is 24.7. The number of nitrogens with one attached hydrogen (secondary N) is 2. The molecule has 0 saturated heterocycles. The molecular weight excluding hydrogens is 371 g/mol. The molecule has 2 aromatic carbocycles. The van der Waals surface area contributed by atoms with Gasteiger partial charge in [-0.1, -0.05) is 19.9 Å². The molecule has 0 aliphatic rings. The molecule has 5 nitrogen and oxygen atoms in total. The van der Waals surface area contributed by atoms with E-state index in [2.05, 4.69) is 24.1 Å². The van der Waals surface area contributed by atoms with Gasteiger partial charge in [-0.05, 0) is 54.3 Å². The van der Waals surface area contributed by atoms with Gasteiger partial charge < -0.3 is 19.8 Å². The van der Waals surface area contributed by atoms with Gasteiger partial charge in [-0.3, -0.25) is 4.79 Å². The van der Waals surface area contributed by atoms with E-state index in [1.165, 1.54) is 12.1 Å². The lowest BCUT2D eigenvalue weighted by molar-refractivity contribution is -0.121. The van der Waals surface area contributed by atoms with E-state index in [1.54, 1.807) is 19.4 Å². The van der Waals surface area contributed by atoms with Crippen molar-refractivity contribution in [3.63, 3.8) is 0 Å². The number of benzene rings is 2. The minimum atomic E-state index is -0.320. The summed E-state index contributed by atoms with van der Waals surface area (Å²) in [5, 5.41) is 3.72. The van der Waals surface area contributed by atoms with E-state index in [-0.39, 0.29) is 24.2 Å². The molecule has 6 heteroatoms. The summed E-state index contributed by atoms with van der Waals surface area (Å²) in [5.74, 6) is 1.27. The zero-order valence-corrected chi connectivity index (χ0v) is 17.2. The Morgan fingerprint density at radius 1 is 1.14 bits per heavy atom. The van der Waals surface area contributed by atoms with E-state index in [0.717, 1.165) is 22.0 Å². The molecule has 1 atom stereocenters. The minimum Gasteiger partial charge on any atom is -0.493 e. The third-order valence-electron chi connectivity index (χ3n) is 4.72. The molecule has 3 aromatic rings. The van der Waals surface area contributed by atoms with Crippen molar-refractivity contribution in [2.75, 3.05) is 13.7 Å². The first-order chi connectivity index (χ1) is 13.9. The van der Waals surface area contributed by atoms with Gasteiger partial charge in [-0.15, -0.1) is 0 Å². The average Bonchev–Trinajstić information content (AvgIpc) is 3.07. The van der Waals surface area contributed by atoms with Crippen LogP contribution in [0.5, 0.6) is 11.5 Å². The molecule has 1 unspecified atom stereocenters. The molecular formula is C23H27FN2O3. The third kappa shape index (κ3) is 5.08. The molecule has 1 aromatic heterocycles. The van der Waals surface area contributed by atoms with Crippen molar-refractivity contribution in [3.05, 3.63) is 59.5 Å². The van der Waals surface area contributed by atoms with E-state index >= 15 is 0 Å². The molecule has 154 valence electrons. The highest BCUT2D eigenvalue weighted by Crippen LogP contribution is 2.30. The molecule has 1 amide bonds. The van der Waals surface area contributed by atoms with Crippen LogP contribution < -0.4 is 14.8 Å². The summed E-state index contributed by atoms with van der Waals surface area (Å²) in [6.45, 7) is 6.69. The number of ether oxygens (including phenoxy) is 2. The molecule has 0 aliphatic heterocycles. The Balaban J connectivity index is 1.68. The van der Waals surface area contributed by atoms with Crippen molar-refractivity contribution in [3.8, 4) is 11.5 Å². The number of methoxy groups -OCH3 is 1. The predicted molar refractivity (Wildman–Crippen MR) is 112 cm³/mol. The summed E-state index contributed by atoms with van der Waals surface area (Å²) in [6, 6.07) is 9.96. The van der Waals surface area contributed by atoms with Crippen LogP contribution in [-0.4, -0.2) is 24.6 Å². The van der Waals surface area contributed by atoms with Gasteiger partial charge in [0.05, 0.1) is 26.2 Å². The first kappa shape index (κ1) is 20.7. The summed E-state index contributed by atoms with van der Waals surface area (Å²) in [7, 11) is 1.60. The summed E-state index contributed by atoms with van der Waals surface area (Å²) >= 11 is 0. The standard InChI is InChI=1S/C23H27FN2O3/c1-14(2)13-29-21-8-5-16(9-22(21)28-4)15(3)26-23(27)10-17-12-25-20-7-6-18(24)11-19(17)20/h5-9,11-12,14-15,25H,10,13H2,1-4H3,(H,26,27). The predicted octanol–water partition coefficient (Wildman–Crippen LogP) is 4.77. The lowest BCUT2D eigenvalue weighted by Crippen LogP contribution is -2.28. The topological polar surface area (TPSA) is 63.3 Å². The first-order valence-corrected chi connectivity index (χ1v) is 9.73. The van der Waals surface area contributed by atoms with Crippen LogP contribution in [0.15, 0.2) is 42.6 Å². The third-order valence-corrected chi connectivity index (χ3v) is 4.72. The van der Waals surface area contributed by atoms with Crippen LogP contribution in [0.25, 0.3) is 10.9 Å². The molecule has 0 spiro atoms. The summed E-state index contributed by atoms with van der Waals surface area (Å²) in [5.41, 5.74) is 2.49. The van der Waals surface area contributed by atoms with Gasteiger partial charge in [0.25, 0.3) is 0 Å². The average molecular weight is 398 g/mol. The maximum Gasteiger partial charge on any atom is 0.224 e. The van der Waals surface area contributed by atoms with Gasteiger partial charge in [0.15, 0.2) is 11.5 Å². The van der Waals surface area contributed by atoms with Crippen molar-refractivity contribution in [2.45, 2.75) is 33.2 Å². The van der Waals surface area contributed by atoms with Crippen LogP contribution in [0.3, 0.4) is 0 Å². The zero-order valence-electron chi connectivity index (χ0n) is 17.2. The lowest BCUT2D eigenvalue weighted by Gasteiger charge is -2.18. The van der Waals surface area contributed by atoms with Crippen LogP contribution in [0, 0.1) is 11.7 Å². The van der Waals surface area contributed by atoms with Crippen LogP contribution in [0.1, 0.15) is 37.9 Å². The summed E-state index contributed by atoms with van der Waals surface area (Å²) in [6.07, 6.45) is 1.92. The van der Waals surface area contributed by atoms with Crippen LogP contribution in [0.2, 0.25) is 0 Å². The molecule has 3 rings (SSSR count). The zero-order chi connectivity index (χ0) is 21.0. The maximum atomic E-state index is 13.5. The second-order valence-electron chi connectivity index (χ2n) is 7.58. The van der Waals surface area contributed by atoms with Crippen molar-refractivity contribution >= 4 is 16.8 Å². The quantitative estimate of drug-likeness (QED) is 0.574. The maximum absolute atomic E-state index is 13.5. The summed E-state index contributed by atoms with van der Waals surface area (Å²) in [4.78, 5) is 15.6. The second kappa shape index (κ2) is 8.99. The van der Waals surface area contributed by atoms with Crippen molar-refractivity contribution < 1.29 is 18.7 Å². The largest absolute Gasteiger partial charge is 0.493 e. The highest BCUT2D eigenvalue weighted by atomic mass is 19.1. The number of carbonyl (C=O) groups excluding carboxylic acids is 1. The smallest absolute Gasteiger partial charge is 0.224 e. The number of halogens is 1. The van der Waals surface area contributed by atoms with E-state index in [0.29, 0.717) is 24.0 Å². The fourth-order valence-electron chi connectivity index (χ4n) is 3.17. The Morgan fingerprint density at radius 3 is 2.66 bits per heavy atom. The van der Waals surface area contributed by atoms with Crippen molar-refractivity contribution in [1.29, 1.82) is 0 Å². The van der Waals surface area contributed by atoms with Gasteiger partial charge >= 0.3 is 0 Å². The number of fused-ring (bicyclic) bond motifs is 1. The Labute approximate surface area is 170 Å². The highest BCUT2D eigenvalue weighted by molar-refractivity contribution is 5.89. The van der Waals surface area contributed by atoms with Crippen molar-refractivity contribution in [1.82, 2.24) is 10.3 Å². The molecule has 1 heterocycles. The number of hydrogen-bond acceptors (Lipinski definition) is 3. The molecule has 0 aliphatic carbocycles. The molecule has 29 heavy (non-hydrogen) atoms. The number of aromatic amines is 1. The normalized spacial score (nSPS) is 12.2. The van der Waals surface area contributed by atoms with Crippen LogP contribution >= 0.6 is 0 Å². The lowest BCUT2D eigenvalue weighted by atomic mass is 10.1. The number of amides is 1. The minimum absolute atomic E-state index is 0.137. The van der Waals surface area contributed by atoms with Crippen LogP contribution in [-0.2, 0) is 11.2 Å². The number of aromatic nitrogens is 1. The Bertz CT molecular complexity index is 997. The van der Waals surface area contributed by atoms with E-state index in [1.807, 2.05) is 25.1 Å². The fraction of sp³-hybridized carbons (Fsp3) is 0.348. The van der Waals surface area contributed by atoms with Gasteiger partial charge in [0.1, 0.15) is 5.82 Å². The second-order valence-corrected chi connectivity index (χ2v) is 7.58. The number of H-pyrrole nitrogens is 1. The van der Waals surface area contributed by atoms with Gasteiger partial charge in [-0.25, -0.2) is 4.39 Å². The fourth-order valence-corrected chi connectivity index (χ4v) is 3.17. The van der Waals surface area contributed by atoms with Gasteiger partial charge in [-0.2, -0.15) is 0 Å². The van der Waals surface area contributed by atoms with Crippen LogP contribution in [0.4, 0.5) is 4.39 Å². The molecule has 0 radical (unpaired) electrons. The van der Waals surface area contributed by atoms with E-state index in [9.17, 15) is 9.18 Å². The van der Waals surface area contributed by atoms with Crippen molar-refractivity contribution in [2.24, 2.45) is 5.92 Å². The SMILES string of the molecule is COc1cc(C(C)NC(=O)Cc2c[nH]c3ccc(F)cc23)ccc1OCC(C)C. The molecule has 0 bridgehead atoms. The Morgan fingerprint density at radius 2 is 1.93 bits per heavy atom. The molecule has 2 N–H and O–H groups in total. The van der Waals surface area contributed by atoms with E-state index < -0.39 is 0 Å². The number of carbonyl (C=O) groups is 1.